The van der Waals surface area contributed by atoms with Crippen molar-refractivity contribution in [3.05, 3.63) is 62.6 Å². The van der Waals surface area contributed by atoms with E-state index in [9.17, 15) is 0 Å². The summed E-state index contributed by atoms with van der Waals surface area (Å²) in [4.78, 5) is 0. The molecule has 27 heavy (non-hydrogen) atoms. The van der Waals surface area contributed by atoms with E-state index in [1.165, 1.54) is 6.08 Å². The Balaban J connectivity index is 1.90. The van der Waals surface area contributed by atoms with E-state index in [2.05, 4.69) is 0 Å². The molecule has 0 N–H and O–H groups in total. The fraction of sp³-hybridized carbons (Fsp3) is 0.300. The van der Waals surface area contributed by atoms with Gasteiger partial charge in [-0.05, 0) is 37.6 Å². The number of halogens is 4. The summed E-state index contributed by atoms with van der Waals surface area (Å²) in [6.07, 6.45) is 2.39. The molecule has 0 aromatic heterocycles. The molecule has 0 aliphatic carbocycles. The Morgan fingerprint density at radius 2 is 1.59 bits per heavy atom. The Morgan fingerprint density at radius 3 is 2.15 bits per heavy atom. The molecule has 0 atom stereocenters. The van der Waals surface area contributed by atoms with Gasteiger partial charge in [-0.1, -0.05) is 58.5 Å². The minimum absolute atomic E-state index is 0.135. The Kier molecular flexibility index (Phi) is 8.91. The van der Waals surface area contributed by atoms with Crippen LogP contribution in [0.3, 0.4) is 0 Å². The molecule has 0 spiro atoms. The lowest BCUT2D eigenvalue weighted by atomic mass is 10.1. The predicted molar refractivity (Wildman–Crippen MR) is 113 cm³/mol. The Bertz CT molecular complexity index is 746. The molecule has 146 valence electrons. The van der Waals surface area contributed by atoms with Gasteiger partial charge in [-0.15, -0.1) is 0 Å². The van der Waals surface area contributed by atoms with Gasteiger partial charge < -0.3 is 14.2 Å². The molecule has 0 heterocycles. The fourth-order valence-corrected chi connectivity index (χ4v) is 2.94. The van der Waals surface area contributed by atoms with Gasteiger partial charge in [0.25, 0.3) is 0 Å². The summed E-state index contributed by atoms with van der Waals surface area (Å²) in [5.74, 6) is 1.78. The van der Waals surface area contributed by atoms with Crippen molar-refractivity contribution in [2.75, 3.05) is 13.2 Å². The topological polar surface area (TPSA) is 27.7 Å². The van der Waals surface area contributed by atoms with E-state index < -0.39 is 0 Å². The molecule has 2 aromatic rings. The number of hydrogen-bond acceptors (Lipinski definition) is 3. The third kappa shape index (κ3) is 7.71. The first-order chi connectivity index (χ1) is 12.8. The monoisotopic (exact) mass is 448 g/mol. The van der Waals surface area contributed by atoms with Crippen LogP contribution in [0.5, 0.6) is 17.2 Å². The zero-order valence-corrected chi connectivity index (χ0v) is 18.0. The van der Waals surface area contributed by atoms with Gasteiger partial charge in [0.1, 0.15) is 22.6 Å². The molecule has 0 unspecified atom stereocenters. The molecule has 0 saturated heterocycles. The molecule has 0 bridgehead atoms. The highest BCUT2D eigenvalue weighted by atomic mass is 35.5. The maximum atomic E-state index is 6.25. The normalized spacial score (nSPS) is 10.6. The van der Waals surface area contributed by atoms with Crippen molar-refractivity contribution in [1.29, 1.82) is 0 Å². The van der Waals surface area contributed by atoms with Gasteiger partial charge in [0.15, 0.2) is 5.75 Å². The SMILES string of the molecule is CC(C)Oc1ccc(CCOc2c(Cl)cc(OCC=C(Cl)Cl)cc2Cl)cc1. The minimum atomic E-state index is 0.135. The first-order valence-electron chi connectivity index (χ1n) is 8.36. The molecule has 0 fully saturated rings. The van der Waals surface area contributed by atoms with Crippen LogP contribution in [0, 0.1) is 0 Å². The third-order valence-electron chi connectivity index (χ3n) is 3.39. The maximum Gasteiger partial charge on any atom is 0.156 e. The van der Waals surface area contributed by atoms with E-state index >= 15 is 0 Å². The van der Waals surface area contributed by atoms with Crippen LogP contribution in [0.25, 0.3) is 0 Å². The number of ether oxygens (including phenoxy) is 3. The van der Waals surface area contributed by atoms with Crippen molar-refractivity contribution >= 4 is 46.4 Å². The summed E-state index contributed by atoms with van der Waals surface area (Å²) in [5.41, 5.74) is 1.13. The number of benzene rings is 2. The van der Waals surface area contributed by atoms with Crippen LogP contribution in [0.2, 0.25) is 10.0 Å². The summed E-state index contributed by atoms with van der Waals surface area (Å²) in [6.45, 7) is 4.64. The summed E-state index contributed by atoms with van der Waals surface area (Å²) in [5, 5.41) is 0.748. The van der Waals surface area contributed by atoms with Crippen molar-refractivity contribution in [2.45, 2.75) is 26.4 Å². The van der Waals surface area contributed by atoms with Gasteiger partial charge in [-0.2, -0.15) is 0 Å². The van der Waals surface area contributed by atoms with E-state index in [0.717, 1.165) is 11.3 Å². The smallest absolute Gasteiger partial charge is 0.156 e. The lowest BCUT2D eigenvalue weighted by molar-refractivity contribution is 0.242. The summed E-state index contributed by atoms with van der Waals surface area (Å²) in [7, 11) is 0. The molecule has 0 saturated carbocycles. The number of rotatable bonds is 9. The van der Waals surface area contributed by atoms with E-state index in [-0.39, 0.29) is 17.2 Å². The fourth-order valence-electron chi connectivity index (χ4n) is 2.24. The molecule has 3 nitrogen and oxygen atoms in total. The third-order valence-corrected chi connectivity index (χ3v) is 4.26. The zero-order chi connectivity index (χ0) is 19.8. The molecule has 0 amide bonds. The van der Waals surface area contributed by atoms with Crippen LogP contribution in [-0.4, -0.2) is 19.3 Å². The second-order valence-electron chi connectivity index (χ2n) is 5.93. The van der Waals surface area contributed by atoms with Crippen molar-refractivity contribution in [2.24, 2.45) is 0 Å². The van der Waals surface area contributed by atoms with E-state index in [1.807, 2.05) is 38.1 Å². The highest BCUT2D eigenvalue weighted by Crippen LogP contribution is 2.37. The average molecular weight is 450 g/mol. The summed E-state index contributed by atoms with van der Waals surface area (Å²) < 4.78 is 17.0. The van der Waals surface area contributed by atoms with Crippen LogP contribution < -0.4 is 14.2 Å². The van der Waals surface area contributed by atoms with Crippen LogP contribution in [0.15, 0.2) is 47.0 Å². The van der Waals surface area contributed by atoms with E-state index in [4.69, 9.17) is 60.6 Å². The maximum absolute atomic E-state index is 6.25. The van der Waals surface area contributed by atoms with E-state index in [0.29, 0.717) is 34.6 Å². The van der Waals surface area contributed by atoms with Gasteiger partial charge >= 0.3 is 0 Å². The molecule has 0 aliphatic rings. The zero-order valence-electron chi connectivity index (χ0n) is 15.0. The Morgan fingerprint density at radius 1 is 0.963 bits per heavy atom. The average Bonchev–Trinajstić information content (AvgIpc) is 2.58. The predicted octanol–water partition coefficient (Wildman–Crippen LogP) is 7.10. The molecule has 2 aromatic carbocycles. The molecule has 7 heteroatoms. The van der Waals surface area contributed by atoms with Crippen molar-refractivity contribution in [3.63, 3.8) is 0 Å². The molecular weight excluding hydrogens is 430 g/mol. The first-order valence-corrected chi connectivity index (χ1v) is 9.87. The van der Waals surface area contributed by atoms with Crippen molar-refractivity contribution in [1.82, 2.24) is 0 Å². The second-order valence-corrected chi connectivity index (χ2v) is 7.75. The van der Waals surface area contributed by atoms with E-state index in [1.54, 1.807) is 12.1 Å². The van der Waals surface area contributed by atoms with Crippen LogP contribution >= 0.6 is 46.4 Å². The van der Waals surface area contributed by atoms with Gasteiger partial charge in [0, 0.05) is 18.6 Å². The lowest BCUT2D eigenvalue weighted by Gasteiger charge is -2.13. The Hall–Kier alpha value is -1.26. The van der Waals surface area contributed by atoms with Crippen LogP contribution in [0.4, 0.5) is 0 Å². The van der Waals surface area contributed by atoms with Crippen LogP contribution in [-0.2, 0) is 6.42 Å². The standard InChI is InChI=1S/C20H20Cl4O3/c1-13(2)27-15-5-3-14(4-6-15)7-9-26-20-17(21)11-16(12-18(20)22)25-10-8-19(23)24/h3-6,8,11-13H,7,9-10H2,1-2H3. The molecule has 0 aliphatic heterocycles. The molecule has 2 rings (SSSR count). The summed E-state index contributed by atoms with van der Waals surface area (Å²) >= 11 is 23.6. The second kappa shape index (κ2) is 10.9. The highest BCUT2D eigenvalue weighted by Gasteiger charge is 2.11. The molecular formula is C20H20Cl4O3. The van der Waals surface area contributed by atoms with Gasteiger partial charge in [-0.3, -0.25) is 0 Å². The largest absolute Gasteiger partial charge is 0.491 e. The van der Waals surface area contributed by atoms with Gasteiger partial charge in [0.2, 0.25) is 0 Å². The first kappa shape index (κ1) is 22.0. The van der Waals surface area contributed by atoms with Gasteiger partial charge in [-0.25, -0.2) is 0 Å². The minimum Gasteiger partial charge on any atom is -0.491 e. The van der Waals surface area contributed by atoms with Crippen molar-refractivity contribution in [3.8, 4) is 17.2 Å². The molecule has 0 radical (unpaired) electrons. The number of hydrogen-bond donors (Lipinski definition) is 0. The quantitative estimate of drug-likeness (QED) is 0.408. The van der Waals surface area contributed by atoms with Gasteiger partial charge in [0.05, 0.1) is 22.8 Å². The highest BCUT2D eigenvalue weighted by molar-refractivity contribution is 6.55. The summed E-state index contributed by atoms with van der Waals surface area (Å²) in [6, 6.07) is 11.2. The van der Waals surface area contributed by atoms with Crippen LogP contribution in [0.1, 0.15) is 19.4 Å². The van der Waals surface area contributed by atoms with Crippen molar-refractivity contribution < 1.29 is 14.2 Å². The Labute approximate surface area is 179 Å². The lowest BCUT2D eigenvalue weighted by Crippen LogP contribution is -2.06.